The van der Waals surface area contributed by atoms with Gasteiger partial charge in [-0.2, -0.15) is 12.6 Å². The number of amides is 1. The predicted molar refractivity (Wildman–Crippen MR) is 57.3 cm³/mol. The highest BCUT2D eigenvalue weighted by molar-refractivity contribution is 7.80. The van der Waals surface area contributed by atoms with Gasteiger partial charge in [-0.3, -0.25) is 4.79 Å². The van der Waals surface area contributed by atoms with Gasteiger partial charge in [-0.1, -0.05) is 0 Å². The van der Waals surface area contributed by atoms with Crippen LogP contribution in [0.2, 0.25) is 0 Å². The van der Waals surface area contributed by atoms with E-state index in [9.17, 15) is 9.90 Å². The second kappa shape index (κ2) is 4.11. The molecule has 80 valence electrons. The Morgan fingerprint density at radius 1 is 1.43 bits per heavy atom. The molecule has 0 radical (unpaired) electrons. The molecule has 4 heteroatoms. The smallest absolute Gasteiger partial charge is 0.223 e. The lowest BCUT2D eigenvalue weighted by atomic mass is 10.00. The quantitative estimate of drug-likeness (QED) is 0.660. The van der Waals surface area contributed by atoms with Gasteiger partial charge >= 0.3 is 0 Å². The van der Waals surface area contributed by atoms with Crippen LogP contribution in [0, 0.1) is 11.8 Å². The van der Waals surface area contributed by atoms with Gasteiger partial charge in [0.25, 0.3) is 0 Å². The molecule has 0 aromatic carbocycles. The van der Waals surface area contributed by atoms with E-state index in [2.05, 4.69) is 12.6 Å². The van der Waals surface area contributed by atoms with Crippen molar-refractivity contribution in [3.05, 3.63) is 0 Å². The zero-order chi connectivity index (χ0) is 10.1. The highest BCUT2D eigenvalue weighted by atomic mass is 32.1. The fraction of sp³-hybridized carbons (Fsp3) is 0.900. The van der Waals surface area contributed by atoms with Crippen molar-refractivity contribution in [1.29, 1.82) is 0 Å². The number of hydrogen-bond donors (Lipinski definition) is 2. The Balaban J connectivity index is 1.92. The highest BCUT2D eigenvalue weighted by Gasteiger charge is 2.42. The van der Waals surface area contributed by atoms with Crippen molar-refractivity contribution < 1.29 is 9.90 Å². The number of fused-ring (bicyclic) bond motifs is 1. The molecule has 0 aromatic heterocycles. The minimum Gasteiger partial charge on any atom is -0.393 e. The van der Waals surface area contributed by atoms with E-state index < -0.39 is 0 Å². The number of thiol groups is 1. The van der Waals surface area contributed by atoms with Crippen LogP contribution in [0.15, 0.2) is 0 Å². The molecule has 3 nitrogen and oxygen atoms in total. The standard InChI is InChI=1S/C10H17NO2S/c12-9-2-1-7-5-11(6-8(7)9)10(13)3-4-14/h7-9,12,14H,1-6H2. The first-order valence-corrected chi connectivity index (χ1v) is 5.92. The van der Waals surface area contributed by atoms with E-state index in [1.807, 2.05) is 4.90 Å². The van der Waals surface area contributed by atoms with Crippen LogP contribution < -0.4 is 0 Å². The van der Waals surface area contributed by atoms with Crippen LogP contribution in [0.1, 0.15) is 19.3 Å². The Bertz CT molecular complexity index is 234. The first-order valence-electron chi connectivity index (χ1n) is 5.29. The lowest BCUT2D eigenvalue weighted by Crippen LogP contribution is -2.31. The zero-order valence-corrected chi connectivity index (χ0v) is 9.12. The van der Waals surface area contributed by atoms with E-state index in [-0.39, 0.29) is 12.0 Å². The van der Waals surface area contributed by atoms with Crippen molar-refractivity contribution in [3.8, 4) is 0 Å². The van der Waals surface area contributed by atoms with Gasteiger partial charge in [0.05, 0.1) is 6.10 Å². The normalized spacial score (nSPS) is 36.1. The maximum absolute atomic E-state index is 11.6. The van der Waals surface area contributed by atoms with E-state index in [4.69, 9.17) is 0 Å². The Labute approximate surface area is 89.9 Å². The molecule has 3 atom stereocenters. The predicted octanol–water partition coefficient (Wildman–Crippen LogP) is 0.536. The Morgan fingerprint density at radius 2 is 2.21 bits per heavy atom. The molecule has 0 aromatic rings. The molecule has 3 unspecified atom stereocenters. The Hall–Kier alpha value is -0.220. The average Bonchev–Trinajstić information content (AvgIpc) is 2.69. The third-order valence-corrected chi connectivity index (χ3v) is 3.72. The molecule has 1 saturated heterocycles. The number of aliphatic hydroxyl groups excluding tert-OH is 1. The molecule has 1 saturated carbocycles. The van der Waals surface area contributed by atoms with Gasteiger partial charge in [-0.15, -0.1) is 0 Å². The van der Waals surface area contributed by atoms with E-state index in [0.717, 1.165) is 25.9 Å². The SMILES string of the molecule is O=C(CCS)N1CC2CCC(O)C2C1. The van der Waals surface area contributed by atoms with Crippen molar-refractivity contribution in [2.24, 2.45) is 11.8 Å². The molecule has 1 N–H and O–H groups in total. The number of nitrogens with zero attached hydrogens (tertiary/aromatic N) is 1. The molecule has 0 spiro atoms. The van der Waals surface area contributed by atoms with Crippen LogP contribution >= 0.6 is 12.6 Å². The number of hydrogen-bond acceptors (Lipinski definition) is 3. The second-order valence-corrected chi connectivity index (χ2v) is 4.79. The van der Waals surface area contributed by atoms with Crippen molar-refractivity contribution in [1.82, 2.24) is 4.90 Å². The number of aliphatic hydroxyl groups is 1. The molecular weight excluding hydrogens is 198 g/mol. The van der Waals surface area contributed by atoms with Gasteiger partial charge in [-0.25, -0.2) is 0 Å². The van der Waals surface area contributed by atoms with Gasteiger partial charge in [0, 0.05) is 25.4 Å². The van der Waals surface area contributed by atoms with Gasteiger partial charge in [0.1, 0.15) is 0 Å². The topological polar surface area (TPSA) is 40.5 Å². The summed E-state index contributed by atoms with van der Waals surface area (Å²) in [6, 6.07) is 0. The Kier molecular flexibility index (Phi) is 3.02. The van der Waals surface area contributed by atoms with Crippen LogP contribution in [0.3, 0.4) is 0 Å². The molecule has 2 aliphatic rings. The monoisotopic (exact) mass is 215 g/mol. The van der Waals surface area contributed by atoms with Gasteiger partial charge in [-0.05, 0) is 24.5 Å². The lowest BCUT2D eigenvalue weighted by Gasteiger charge is -2.17. The number of carbonyl (C=O) groups excluding carboxylic acids is 1. The molecule has 1 amide bonds. The summed E-state index contributed by atoms with van der Waals surface area (Å²) in [7, 11) is 0. The summed E-state index contributed by atoms with van der Waals surface area (Å²) in [5.74, 6) is 1.71. The maximum atomic E-state index is 11.6. The maximum Gasteiger partial charge on any atom is 0.223 e. The molecule has 0 bridgehead atoms. The summed E-state index contributed by atoms with van der Waals surface area (Å²) in [6.45, 7) is 1.62. The summed E-state index contributed by atoms with van der Waals surface area (Å²) in [5.41, 5.74) is 0. The van der Waals surface area contributed by atoms with E-state index in [1.165, 1.54) is 0 Å². The van der Waals surface area contributed by atoms with Gasteiger partial charge in [0.15, 0.2) is 0 Å². The zero-order valence-electron chi connectivity index (χ0n) is 8.22. The minimum absolute atomic E-state index is 0.172. The van der Waals surface area contributed by atoms with Crippen LogP contribution in [0.5, 0.6) is 0 Å². The number of carbonyl (C=O) groups is 1. The van der Waals surface area contributed by atoms with E-state index >= 15 is 0 Å². The van der Waals surface area contributed by atoms with E-state index in [1.54, 1.807) is 0 Å². The van der Waals surface area contributed by atoms with Crippen LogP contribution in [-0.4, -0.2) is 40.9 Å². The third-order valence-electron chi connectivity index (χ3n) is 3.50. The van der Waals surface area contributed by atoms with Gasteiger partial charge < -0.3 is 10.0 Å². The number of rotatable bonds is 2. The van der Waals surface area contributed by atoms with Crippen molar-refractivity contribution >= 4 is 18.5 Å². The van der Waals surface area contributed by atoms with Crippen molar-refractivity contribution in [2.75, 3.05) is 18.8 Å². The average molecular weight is 215 g/mol. The fourth-order valence-electron chi connectivity index (χ4n) is 2.69. The summed E-state index contributed by atoms with van der Waals surface area (Å²) in [4.78, 5) is 13.5. The number of likely N-dealkylation sites (tertiary alicyclic amines) is 1. The first-order chi connectivity index (χ1) is 6.72. The summed E-state index contributed by atoms with van der Waals surface area (Å²) in [5, 5.41) is 9.68. The minimum atomic E-state index is -0.172. The third kappa shape index (κ3) is 1.77. The van der Waals surface area contributed by atoms with Gasteiger partial charge in [0.2, 0.25) is 5.91 Å². The largest absolute Gasteiger partial charge is 0.393 e. The summed E-state index contributed by atoms with van der Waals surface area (Å²) < 4.78 is 0. The molecule has 1 aliphatic carbocycles. The van der Waals surface area contributed by atoms with Crippen LogP contribution in [0.25, 0.3) is 0 Å². The molecule has 14 heavy (non-hydrogen) atoms. The molecule has 1 heterocycles. The summed E-state index contributed by atoms with van der Waals surface area (Å²) >= 11 is 4.06. The van der Waals surface area contributed by atoms with E-state index in [0.29, 0.717) is 24.0 Å². The van der Waals surface area contributed by atoms with Crippen LogP contribution in [0.4, 0.5) is 0 Å². The fourth-order valence-corrected chi connectivity index (χ4v) is 2.89. The molecular formula is C10H17NO2S. The molecule has 2 rings (SSSR count). The van der Waals surface area contributed by atoms with Crippen molar-refractivity contribution in [2.45, 2.75) is 25.4 Å². The summed E-state index contributed by atoms with van der Waals surface area (Å²) in [6.07, 6.45) is 2.35. The first kappa shape index (κ1) is 10.3. The van der Waals surface area contributed by atoms with Crippen LogP contribution in [-0.2, 0) is 4.79 Å². The Morgan fingerprint density at radius 3 is 2.86 bits per heavy atom. The second-order valence-electron chi connectivity index (χ2n) is 4.34. The van der Waals surface area contributed by atoms with Crippen molar-refractivity contribution in [3.63, 3.8) is 0 Å². The highest BCUT2D eigenvalue weighted by Crippen LogP contribution is 2.38. The molecule has 1 aliphatic heterocycles. The molecule has 2 fully saturated rings. The lowest BCUT2D eigenvalue weighted by molar-refractivity contribution is -0.130.